The molecule has 0 saturated carbocycles. The summed E-state index contributed by atoms with van der Waals surface area (Å²) in [4.78, 5) is 9.14. The Hall–Kier alpha value is -2.01. The zero-order chi connectivity index (χ0) is 14.4. The minimum Gasteiger partial charge on any atom is -0.375 e. The van der Waals surface area contributed by atoms with Crippen LogP contribution in [0.3, 0.4) is 0 Å². The van der Waals surface area contributed by atoms with E-state index in [1.807, 2.05) is 5.38 Å². The largest absolute Gasteiger partial charge is 0.375 e. The molecule has 5 heteroatoms. The van der Waals surface area contributed by atoms with Crippen molar-refractivity contribution in [3.8, 4) is 11.3 Å². The molecule has 4 rings (SSSR count). The maximum atomic E-state index is 13.7. The van der Waals surface area contributed by atoms with Crippen molar-refractivity contribution in [3.63, 3.8) is 0 Å². The average Bonchev–Trinajstić information content (AvgIpc) is 2.91. The molecule has 0 atom stereocenters. The number of thiazole rings is 1. The molecule has 21 heavy (non-hydrogen) atoms. The van der Waals surface area contributed by atoms with Crippen LogP contribution in [0.15, 0.2) is 23.6 Å². The number of nitrogens with zero attached hydrogens (tertiary/aromatic N) is 2. The van der Waals surface area contributed by atoms with Gasteiger partial charge in [0.15, 0.2) is 5.13 Å². The van der Waals surface area contributed by atoms with Crippen molar-refractivity contribution in [1.82, 2.24) is 9.97 Å². The Balaban J connectivity index is 2.11. The topological polar surface area (TPSA) is 51.8 Å². The molecule has 1 aromatic carbocycles. The molecule has 3 aromatic rings. The summed E-state index contributed by atoms with van der Waals surface area (Å²) in [5.74, 6) is -0.246. The Morgan fingerprint density at radius 2 is 2.00 bits per heavy atom. The Kier molecular flexibility index (Phi) is 2.89. The van der Waals surface area contributed by atoms with Crippen molar-refractivity contribution >= 4 is 27.4 Å². The number of hydrogen-bond acceptors (Lipinski definition) is 4. The van der Waals surface area contributed by atoms with Crippen molar-refractivity contribution < 1.29 is 4.39 Å². The van der Waals surface area contributed by atoms with Crippen LogP contribution >= 0.6 is 11.3 Å². The number of nitrogen functional groups attached to an aromatic ring is 1. The van der Waals surface area contributed by atoms with Crippen LogP contribution in [0, 0.1) is 5.82 Å². The standard InChI is InChI=1S/C16H14FN3S/c17-9-5-6-13-11(7-9)15(14-8-21-16(18)20-14)10-3-1-2-4-12(10)19-13/h5-8H,1-4H2,(H2,18,20). The minimum atomic E-state index is -0.246. The van der Waals surface area contributed by atoms with E-state index in [0.717, 1.165) is 53.5 Å². The second-order valence-corrected chi connectivity index (χ2v) is 6.24. The SMILES string of the molecule is Nc1nc(-c2c3c(nc4ccc(F)cc24)CCCC3)cs1. The van der Waals surface area contributed by atoms with Gasteiger partial charge in [-0.25, -0.2) is 9.37 Å². The Morgan fingerprint density at radius 1 is 1.14 bits per heavy atom. The molecule has 3 nitrogen and oxygen atoms in total. The van der Waals surface area contributed by atoms with E-state index in [1.165, 1.54) is 23.0 Å². The predicted octanol–water partition coefficient (Wildman–Crippen LogP) is 3.96. The highest BCUT2D eigenvalue weighted by atomic mass is 32.1. The number of aromatic nitrogens is 2. The molecule has 0 fully saturated rings. The van der Waals surface area contributed by atoms with E-state index in [1.54, 1.807) is 12.1 Å². The van der Waals surface area contributed by atoms with Crippen LogP contribution in [0.2, 0.25) is 0 Å². The molecule has 2 heterocycles. The highest BCUT2D eigenvalue weighted by molar-refractivity contribution is 7.13. The van der Waals surface area contributed by atoms with Crippen LogP contribution in [-0.2, 0) is 12.8 Å². The lowest BCUT2D eigenvalue weighted by atomic mass is 9.89. The molecule has 0 amide bonds. The Bertz CT molecular complexity index is 841. The van der Waals surface area contributed by atoms with Crippen LogP contribution in [0.25, 0.3) is 22.2 Å². The lowest BCUT2D eigenvalue weighted by Crippen LogP contribution is -2.08. The first-order valence-electron chi connectivity index (χ1n) is 7.05. The number of rotatable bonds is 1. The fourth-order valence-corrected chi connectivity index (χ4v) is 3.65. The number of anilines is 1. The summed E-state index contributed by atoms with van der Waals surface area (Å²) < 4.78 is 13.7. The molecule has 0 bridgehead atoms. The van der Waals surface area contributed by atoms with E-state index in [9.17, 15) is 4.39 Å². The highest BCUT2D eigenvalue weighted by Gasteiger charge is 2.21. The maximum Gasteiger partial charge on any atom is 0.180 e. The predicted molar refractivity (Wildman–Crippen MR) is 83.9 cm³/mol. The molecule has 0 aliphatic heterocycles. The fraction of sp³-hybridized carbons (Fsp3) is 0.250. The molecule has 0 unspecified atom stereocenters. The summed E-state index contributed by atoms with van der Waals surface area (Å²) in [7, 11) is 0. The van der Waals surface area contributed by atoms with Crippen molar-refractivity contribution in [2.45, 2.75) is 25.7 Å². The van der Waals surface area contributed by atoms with Crippen molar-refractivity contribution in [3.05, 3.63) is 40.7 Å². The van der Waals surface area contributed by atoms with Gasteiger partial charge in [0.2, 0.25) is 0 Å². The molecule has 106 valence electrons. The number of aryl methyl sites for hydroxylation is 1. The summed E-state index contributed by atoms with van der Waals surface area (Å²) in [6.45, 7) is 0. The van der Waals surface area contributed by atoms with Crippen molar-refractivity contribution in [2.75, 3.05) is 5.73 Å². The number of nitrogens with two attached hydrogens (primary N) is 1. The summed E-state index contributed by atoms with van der Waals surface area (Å²) in [5, 5.41) is 3.32. The van der Waals surface area contributed by atoms with Gasteiger partial charge in [-0.3, -0.25) is 4.98 Å². The zero-order valence-corrected chi connectivity index (χ0v) is 12.2. The smallest absolute Gasteiger partial charge is 0.180 e. The number of fused-ring (bicyclic) bond motifs is 2. The lowest BCUT2D eigenvalue weighted by Gasteiger charge is -2.20. The van der Waals surface area contributed by atoms with Crippen LogP contribution in [0.1, 0.15) is 24.1 Å². The second kappa shape index (κ2) is 4.77. The third-order valence-electron chi connectivity index (χ3n) is 4.00. The van der Waals surface area contributed by atoms with E-state index >= 15 is 0 Å². The van der Waals surface area contributed by atoms with Gasteiger partial charge in [-0.1, -0.05) is 0 Å². The van der Waals surface area contributed by atoms with Gasteiger partial charge in [0.1, 0.15) is 5.82 Å². The van der Waals surface area contributed by atoms with Crippen molar-refractivity contribution in [2.24, 2.45) is 0 Å². The van der Waals surface area contributed by atoms with Crippen LogP contribution in [0.5, 0.6) is 0 Å². The average molecular weight is 299 g/mol. The van der Waals surface area contributed by atoms with Gasteiger partial charge in [0, 0.05) is 22.0 Å². The van der Waals surface area contributed by atoms with Crippen LogP contribution in [0.4, 0.5) is 9.52 Å². The molecule has 1 aliphatic rings. The molecule has 0 saturated heterocycles. The van der Waals surface area contributed by atoms with Gasteiger partial charge in [-0.2, -0.15) is 0 Å². The second-order valence-electron chi connectivity index (χ2n) is 5.35. The summed E-state index contributed by atoms with van der Waals surface area (Å²) >= 11 is 1.42. The molecular weight excluding hydrogens is 285 g/mol. The summed E-state index contributed by atoms with van der Waals surface area (Å²) in [5.41, 5.74) is 10.8. The van der Waals surface area contributed by atoms with E-state index in [0.29, 0.717) is 5.13 Å². The molecular formula is C16H14FN3S. The van der Waals surface area contributed by atoms with E-state index in [4.69, 9.17) is 10.7 Å². The van der Waals surface area contributed by atoms with E-state index in [-0.39, 0.29) is 5.82 Å². The Morgan fingerprint density at radius 3 is 2.81 bits per heavy atom. The first kappa shape index (κ1) is 12.7. The number of halogens is 1. The first-order chi connectivity index (χ1) is 10.2. The number of hydrogen-bond donors (Lipinski definition) is 1. The fourth-order valence-electron chi connectivity index (χ4n) is 3.09. The van der Waals surface area contributed by atoms with Gasteiger partial charge < -0.3 is 5.73 Å². The molecule has 1 aliphatic carbocycles. The van der Waals surface area contributed by atoms with Crippen LogP contribution < -0.4 is 5.73 Å². The number of benzene rings is 1. The molecule has 0 radical (unpaired) electrons. The molecule has 2 aromatic heterocycles. The van der Waals surface area contributed by atoms with Gasteiger partial charge in [0.05, 0.1) is 11.2 Å². The maximum absolute atomic E-state index is 13.7. The quantitative estimate of drug-likeness (QED) is 0.740. The Labute approximate surface area is 125 Å². The summed E-state index contributed by atoms with van der Waals surface area (Å²) in [6.07, 6.45) is 4.25. The first-order valence-corrected chi connectivity index (χ1v) is 7.93. The van der Waals surface area contributed by atoms with Crippen molar-refractivity contribution in [1.29, 1.82) is 0 Å². The zero-order valence-electron chi connectivity index (χ0n) is 11.4. The van der Waals surface area contributed by atoms with Gasteiger partial charge in [0.25, 0.3) is 0 Å². The third kappa shape index (κ3) is 2.08. The van der Waals surface area contributed by atoms with Gasteiger partial charge in [-0.05, 0) is 49.4 Å². The number of pyridine rings is 1. The summed E-state index contributed by atoms with van der Waals surface area (Å²) in [6, 6.07) is 4.77. The van der Waals surface area contributed by atoms with Gasteiger partial charge >= 0.3 is 0 Å². The monoisotopic (exact) mass is 299 g/mol. The van der Waals surface area contributed by atoms with Gasteiger partial charge in [-0.15, -0.1) is 11.3 Å². The highest BCUT2D eigenvalue weighted by Crippen LogP contribution is 2.37. The van der Waals surface area contributed by atoms with E-state index in [2.05, 4.69) is 4.98 Å². The molecule has 2 N–H and O–H groups in total. The lowest BCUT2D eigenvalue weighted by molar-refractivity contribution is 0.629. The minimum absolute atomic E-state index is 0.246. The van der Waals surface area contributed by atoms with E-state index < -0.39 is 0 Å². The molecule has 0 spiro atoms. The van der Waals surface area contributed by atoms with Crippen LogP contribution in [-0.4, -0.2) is 9.97 Å². The third-order valence-corrected chi connectivity index (χ3v) is 4.68. The normalized spacial score (nSPS) is 14.3.